The number of allylic oxidation sites excluding steroid dienone is 1. The second-order valence-electron chi connectivity index (χ2n) is 9.45. The van der Waals surface area contributed by atoms with Crippen molar-refractivity contribution >= 4 is 70.3 Å². The third-order valence-corrected chi connectivity index (χ3v) is 9.49. The maximum Gasteiger partial charge on any atom is 1.00 e. The van der Waals surface area contributed by atoms with Crippen LogP contribution in [0.2, 0.25) is 0 Å². The zero-order valence-electron chi connectivity index (χ0n) is 23.6. The molecular formula is C26H27N6NaO6S3. The number of nitrogens with zero attached hydrogens (tertiary/aromatic N) is 4. The Hall–Kier alpha value is -2.69. The first-order chi connectivity index (χ1) is 19.5. The van der Waals surface area contributed by atoms with Crippen LogP contribution in [0.3, 0.4) is 0 Å². The minimum Gasteiger partial charge on any atom is -0.543 e. The normalized spacial score (nSPS) is 17.3. The summed E-state index contributed by atoms with van der Waals surface area (Å²) in [7, 11) is 1.35. The topological polar surface area (TPSA) is 165 Å². The number of carboxylic acids is 1. The zero-order chi connectivity index (χ0) is 29.8. The van der Waals surface area contributed by atoms with E-state index in [1.807, 2.05) is 6.92 Å². The number of anilines is 1. The number of nitrogens with one attached hydrogen (secondary N) is 2. The zero-order valence-corrected chi connectivity index (χ0v) is 28.1. The molecule has 1 unspecified atom stereocenters. The van der Waals surface area contributed by atoms with E-state index in [4.69, 9.17) is 0 Å². The molecule has 0 spiro atoms. The number of para-hydroxylation sites is 1. The maximum absolute atomic E-state index is 13.0. The molecule has 1 saturated heterocycles. The summed E-state index contributed by atoms with van der Waals surface area (Å²) >= 11 is 4.10. The largest absolute Gasteiger partial charge is 1.00 e. The maximum atomic E-state index is 13.0. The van der Waals surface area contributed by atoms with Crippen molar-refractivity contribution in [3.05, 3.63) is 57.8 Å². The Bertz CT molecular complexity index is 1470. The molecule has 0 aliphatic carbocycles. The number of likely N-dealkylation sites (N-methyl/N-ethyl adjacent to an activating group) is 1. The van der Waals surface area contributed by atoms with E-state index in [-0.39, 0.29) is 41.7 Å². The molecule has 42 heavy (non-hydrogen) atoms. The number of carboxylic acid groups (broad SMARTS) is 1. The van der Waals surface area contributed by atoms with Gasteiger partial charge in [0.2, 0.25) is 5.91 Å². The second-order valence-corrected chi connectivity index (χ2v) is 13.0. The monoisotopic (exact) mass is 638 g/mol. The van der Waals surface area contributed by atoms with Crippen LogP contribution >= 0.6 is 34.9 Å². The molecule has 2 aromatic rings. The van der Waals surface area contributed by atoms with Crippen LogP contribution in [0.4, 0.5) is 10.5 Å². The number of thioether (sulfide) groups is 2. The Morgan fingerprint density at radius 1 is 1.21 bits per heavy atom. The van der Waals surface area contributed by atoms with Crippen LogP contribution < -0.4 is 45.3 Å². The standard InChI is InChI=1S/C26H28N6O6S3.Na/c1-13(2)9-19(34)31(4)25(38)27-17-8-6-5-7-15(17)10-18(33)28-20-22(35)32-21(24(36)37)16(11-39-23(20)32)12-40-26-30-29-14(3)41-26;/h5-9,20,23H,10-12H2,1-4H3,(H,27,38)(H,28,33)(H,36,37);/q;+1/p-1/t20?,23-;/m1./s1. The Kier molecular flexibility index (Phi) is 11.8. The quantitative estimate of drug-likeness (QED) is 0.144. The molecule has 0 radical (unpaired) electrons. The number of amides is 5. The average Bonchev–Trinajstić information content (AvgIpc) is 3.34. The summed E-state index contributed by atoms with van der Waals surface area (Å²) in [5, 5.41) is 25.5. The minimum absolute atomic E-state index is 0. The van der Waals surface area contributed by atoms with E-state index in [9.17, 15) is 29.1 Å². The predicted molar refractivity (Wildman–Crippen MR) is 154 cm³/mol. The molecule has 5 amide bonds. The summed E-state index contributed by atoms with van der Waals surface area (Å²) in [6.07, 6.45) is 1.18. The molecule has 2 atom stereocenters. The van der Waals surface area contributed by atoms with Gasteiger partial charge >= 0.3 is 35.6 Å². The summed E-state index contributed by atoms with van der Waals surface area (Å²) in [6, 6.07) is 5.06. The van der Waals surface area contributed by atoms with Crippen molar-refractivity contribution in [1.82, 2.24) is 25.3 Å². The van der Waals surface area contributed by atoms with Crippen molar-refractivity contribution in [2.45, 2.75) is 42.9 Å². The first-order valence-electron chi connectivity index (χ1n) is 12.4. The first kappa shape index (κ1) is 33.8. The summed E-state index contributed by atoms with van der Waals surface area (Å²) in [6.45, 7) is 5.31. The van der Waals surface area contributed by atoms with E-state index in [0.717, 1.165) is 15.5 Å². The smallest absolute Gasteiger partial charge is 0.543 e. The number of rotatable bonds is 9. The number of aromatic nitrogens is 2. The van der Waals surface area contributed by atoms with Gasteiger partial charge in [0.05, 0.1) is 18.1 Å². The molecule has 3 heterocycles. The van der Waals surface area contributed by atoms with Crippen LogP contribution in [0, 0.1) is 6.92 Å². The number of carbonyl (C=O) groups is 5. The van der Waals surface area contributed by atoms with E-state index in [0.29, 0.717) is 32.7 Å². The van der Waals surface area contributed by atoms with Gasteiger partial charge in [-0.25, -0.2) is 4.79 Å². The molecular weight excluding hydrogens is 612 g/mol. The summed E-state index contributed by atoms with van der Waals surface area (Å²) in [4.78, 5) is 64.8. The molecule has 16 heteroatoms. The number of carbonyl (C=O) groups excluding carboxylic acids is 5. The van der Waals surface area contributed by atoms with Gasteiger partial charge in [-0.05, 0) is 38.0 Å². The van der Waals surface area contributed by atoms with Crippen LogP contribution in [0.1, 0.15) is 24.4 Å². The van der Waals surface area contributed by atoms with Crippen molar-refractivity contribution < 1.29 is 58.6 Å². The van der Waals surface area contributed by atoms with Crippen LogP contribution in [-0.2, 0) is 25.6 Å². The number of hydrogen-bond acceptors (Lipinski definition) is 11. The number of benzene rings is 1. The Labute approximate surface area is 277 Å². The van der Waals surface area contributed by atoms with Crippen LogP contribution in [-0.4, -0.2) is 79.7 Å². The summed E-state index contributed by atoms with van der Waals surface area (Å²) < 4.78 is 0.697. The molecule has 216 valence electrons. The van der Waals surface area contributed by atoms with E-state index < -0.39 is 41.1 Å². The average molecular weight is 639 g/mol. The fourth-order valence-electron chi connectivity index (χ4n) is 4.11. The molecule has 1 aromatic heterocycles. The van der Waals surface area contributed by atoms with Gasteiger partial charge in [0.1, 0.15) is 16.4 Å². The molecule has 1 fully saturated rings. The van der Waals surface area contributed by atoms with Gasteiger partial charge < -0.3 is 20.5 Å². The number of urea groups is 1. The van der Waals surface area contributed by atoms with Gasteiger partial charge in [0.25, 0.3) is 11.8 Å². The number of aliphatic carboxylic acids is 1. The number of aryl methyl sites for hydroxylation is 1. The Balaban J connectivity index is 0.00000484. The minimum atomic E-state index is -1.45. The molecule has 4 rings (SSSR count). The van der Waals surface area contributed by atoms with Crippen LogP contribution in [0.5, 0.6) is 0 Å². The van der Waals surface area contributed by atoms with Gasteiger partial charge in [-0.15, -0.1) is 22.0 Å². The number of hydrogen-bond donors (Lipinski definition) is 2. The van der Waals surface area contributed by atoms with Crippen LogP contribution in [0.15, 0.2) is 51.5 Å². The van der Waals surface area contributed by atoms with E-state index in [2.05, 4.69) is 20.8 Å². The van der Waals surface area contributed by atoms with Crippen molar-refractivity contribution in [1.29, 1.82) is 0 Å². The second kappa shape index (κ2) is 14.7. The predicted octanol–water partition coefficient (Wildman–Crippen LogP) is -1.45. The fraction of sp³-hybridized carbons (Fsp3) is 0.346. The van der Waals surface area contributed by atoms with Gasteiger partial charge in [-0.2, -0.15) is 0 Å². The third-order valence-electron chi connectivity index (χ3n) is 6.09. The van der Waals surface area contributed by atoms with Crippen LogP contribution in [0.25, 0.3) is 0 Å². The van der Waals surface area contributed by atoms with Crippen molar-refractivity contribution in [2.75, 3.05) is 23.9 Å². The molecule has 0 bridgehead atoms. The van der Waals surface area contributed by atoms with E-state index in [1.165, 1.54) is 52.9 Å². The van der Waals surface area contributed by atoms with E-state index in [1.54, 1.807) is 38.1 Å². The van der Waals surface area contributed by atoms with Gasteiger partial charge in [0, 0.05) is 30.3 Å². The van der Waals surface area contributed by atoms with Gasteiger partial charge in [-0.3, -0.25) is 24.2 Å². The molecule has 0 saturated carbocycles. The molecule has 2 aliphatic rings. The molecule has 2 aliphatic heterocycles. The van der Waals surface area contributed by atoms with Crippen molar-refractivity contribution in [3.63, 3.8) is 0 Å². The van der Waals surface area contributed by atoms with Crippen molar-refractivity contribution in [2.24, 2.45) is 0 Å². The summed E-state index contributed by atoms with van der Waals surface area (Å²) in [5.41, 5.74) is 1.93. The summed E-state index contributed by atoms with van der Waals surface area (Å²) in [5.74, 6) is -2.29. The molecule has 2 N–H and O–H groups in total. The first-order valence-corrected chi connectivity index (χ1v) is 15.2. The molecule has 12 nitrogen and oxygen atoms in total. The van der Waals surface area contributed by atoms with E-state index >= 15 is 0 Å². The number of fused-ring (bicyclic) bond motifs is 1. The number of β-lactam (4-membered cyclic amide) rings is 1. The Morgan fingerprint density at radius 2 is 1.93 bits per heavy atom. The third kappa shape index (κ3) is 7.82. The SMILES string of the molecule is CC(C)=CC(=O)N(C)C(=O)Nc1ccccc1CC(=O)NC1C(=O)N2C(C(=O)[O-])=C(CSc3nnc(C)s3)CS[C@H]12.[Na+]. The molecule has 1 aromatic carbocycles. The Morgan fingerprint density at radius 3 is 2.57 bits per heavy atom. The van der Waals surface area contributed by atoms with Crippen molar-refractivity contribution in [3.8, 4) is 0 Å². The van der Waals surface area contributed by atoms with Gasteiger partial charge in [0.15, 0.2) is 4.34 Å². The fourth-order valence-corrected chi connectivity index (χ4v) is 7.41. The number of imide groups is 1. The van der Waals surface area contributed by atoms with Gasteiger partial charge in [-0.1, -0.05) is 46.9 Å².